The molecule has 0 aromatic carbocycles. The first-order chi connectivity index (χ1) is 7.75. The number of carbonyl (C=O) groups excluding carboxylic acids is 1. The lowest BCUT2D eigenvalue weighted by Gasteiger charge is -2.06. The number of hydrogen-bond donors (Lipinski definition) is 2. The molecule has 0 aliphatic rings. The predicted octanol–water partition coefficient (Wildman–Crippen LogP) is 1.28. The van der Waals surface area contributed by atoms with Crippen LogP contribution in [-0.2, 0) is 0 Å². The summed E-state index contributed by atoms with van der Waals surface area (Å²) in [7, 11) is 0. The van der Waals surface area contributed by atoms with Crippen molar-refractivity contribution < 1.29 is 4.79 Å². The lowest BCUT2D eigenvalue weighted by atomic mass is 10.4. The van der Waals surface area contributed by atoms with Gasteiger partial charge in [0.25, 0.3) is 5.91 Å². The lowest BCUT2D eigenvalue weighted by molar-refractivity contribution is 0.0949. The van der Waals surface area contributed by atoms with Crippen LogP contribution in [0, 0.1) is 0 Å². The molecule has 0 fully saturated rings. The van der Waals surface area contributed by atoms with E-state index in [9.17, 15) is 4.79 Å². The summed E-state index contributed by atoms with van der Waals surface area (Å²) in [6, 6.07) is 0. The molecule has 0 aliphatic carbocycles. The summed E-state index contributed by atoms with van der Waals surface area (Å²) in [5, 5.41) is 6.16. The Morgan fingerprint density at radius 3 is 2.82 bits per heavy atom. The van der Waals surface area contributed by atoms with Crippen molar-refractivity contribution in [3.8, 4) is 0 Å². The van der Waals surface area contributed by atoms with E-state index in [0.29, 0.717) is 6.54 Å². The molecular formula is C10H16Cl2N4O. The van der Waals surface area contributed by atoms with Crippen LogP contribution in [0.2, 0.25) is 5.02 Å². The topological polar surface area (TPSA) is 66.9 Å². The third-order valence-corrected chi connectivity index (χ3v) is 2.17. The third-order valence-electron chi connectivity index (χ3n) is 1.90. The highest BCUT2D eigenvalue weighted by Crippen LogP contribution is 2.09. The van der Waals surface area contributed by atoms with Crippen LogP contribution in [-0.4, -0.2) is 35.5 Å². The molecule has 17 heavy (non-hydrogen) atoms. The van der Waals surface area contributed by atoms with Gasteiger partial charge in [0.05, 0.1) is 5.02 Å². The molecule has 5 nitrogen and oxygen atoms in total. The highest BCUT2D eigenvalue weighted by atomic mass is 35.5. The van der Waals surface area contributed by atoms with E-state index in [-0.39, 0.29) is 29.0 Å². The Morgan fingerprint density at radius 1 is 1.41 bits per heavy atom. The molecule has 1 aromatic heterocycles. The van der Waals surface area contributed by atoms with Gasteiger partial charge in [-0.05, 0) is 13.0 Å². The Balaban J connectivity index is 0.00000256. The summed E-state index contributed by atoms with van der Waals surface area (Å²) in [5.74, 6) is -0.273. The van der Waals surface area contributed by atoms with Gasteiger partial charge in [-0.25, -0.2) is 9.97 Å². The molecular weight excluding hydrogens is 263 g/mol. The number of rotatable bonds is 6. The molecule has 0 unspecified atom stereocenters. The van der Waals surface area contributed by atoms with Crippen LogP contribution >= 0.6 is 24.0 Å². The maximum absolute atomic E-state index is 11.6. The van der Waals surface area contributed by atoms with Gasteiger partial charge in [0, 0.05) is 19.3 Å². The van der Waals surface area contributed by atoms with Gasteiger partial charge in [-0.1, -0.05) is 18.5 Å². The zero-order valence-electron chi connectivity index (χ0n) is 9.57. The normalized spacial score (nSPS) is 9.53. The molecule has 1 amide bonds. The molecule has 2 N–H and O–H groups in total. The van der Waals surface area contributed by atoms with Gasteiger partial charge in [0.15, 0.2) is 0 Å². The van der Waals surface area contributed by atoms with Crippen molar-refractivity contribution >= 4 is 29.9 Å². The van der Waals surface area contributed by atoms with Crippen LogP contribution in [0.15, 0.2) is 12.5 Å². The molecule has 0 saturated heterocycles. The second kappa shape index (κ2) is 9.15. The fraction of sp³-hybridized carbons (Fsp3) is 0.500. The van der Waals surface area contributed by atoms with Gasteiger partial charge in [-0.2, -0.15) is 0 Å². The van der Waals surface area contributed by atoms with E-state index in [1.165, 1.54) is 12.5 Å². The molecule has 0 spiro atoms. The summed E-state index contributed by atoms with van der Waals surface area (Å²) in [5.41, 5.74) is 0.215. The first-order valence-electron chi connectivity index (χ1n) is 5.20. The predicted molar refractivity (Wildman–Crippen MR) is 69.8 cm³/mol. The van der Waals surface area contributed by atoms with E-state index >= 15 is 0 Å². The highest BCUT2D eigenvalue weighted by Gasteiger charge is 2.10. The molecule has 0 aliphatic heterocycles. The van der Waals surface area contributed by atoms with Crippen molar-refractivity contribution in [1.29, 1.82) is 0 Å². The lowest BCUT2D eigenvalue weighted by Crippen LogP contribution is -2.32. The fourth-order valence-corrected chi connectivity index (χ4v) is 1.32. The minimum Gasteiger partial charge on any atom is -0.349 e. The van der Waals surface area contributed by atoms with Crippen molar-refractivity contribution in [3.05, 3.63) is 23.2 Å². The van der Waals surface area contributed by atoms with E-state index in [2.05, 4.69) is 27.5 Å². The number of aromatic nitrogens is 2. The molecule has 0 radical (unpaired) electrons. The van der Waals surface area contributed by atoms with Crippen LogP contribution < -0.4 is 10.6 Å². The molecule has 1 rings (SSSR count). The molecule has 7 heteroatoms. The minimum absolute atomic E-state index is 0. The van der Waals surface area contributed by atoms with E-state index in [1.54, 1.807) is 0 Å². The SMILES string of the molecule is CCCNCCNC(=O)c1ncncc1Cl.Cl. The van der Waals surface area contributed by atoms with Gasteiger partial charge >= 0.3 is 0 Å². The number of amides is 1. The Kier molecular flexibility index (Phi) is 8.66. The van der Waals surface area contributed by atoms with E-state index in [4.69, 9.17) is 11.6 Å². The second-order valence-corrected chi connectivity index (χ2v) is 3.63. The van der Waals surface area contributed by atoms with Crippen LogP contribution in [0.5, 0.6) is 0 Å². The third kappa shape index (κ3) is 5.81. The smallest absolute Gasteiger partial charge is 0.271 e. The van der Waals surface area contributed by atoms with Crippen LogP contribution in [0.3, 0.4) is 0 Å². The summed E-state index contributed by atoms with van der Waals surface area (Å²) < 4.78 is 0. The average molecular weight is 279 g/mol. The largest absolute Gasteiger partial charge is 0.349 e. The van der Waals surface area contributed by atoms with Crippen molar-refractivity contribution in [3.63, 3.8) is 0 Å². The summed E-state index contributed by atoms with van der Waals surface area (Å²) in [4.78, 5) is 19.1. The second-order valence-electron chi connectivity index (χ2n) is 3.23. The Morgan fingerprint density at radius 2 is 2.18 bits per heavy atom. The van der Waals surface area contributed by atoms with E-state index in [1.807, 2.05) is 0 Å². The highest BCUT2D eigenvalue weighted by molar-refractivity contribution is 6.33. The van der Waals surface area contributed by atoms with Gasteiger partial charge in [-0.15, -0.1) is 12.4 Å². The maximum Gasteiger partial charge on any atom is 0.271 e. The van der Waals surface area contributed by atoms with Crippen molar-refractivity contribution in [2.75, 3.05) is 19.6 Å². The van der Waals surface area contributed by atoms with Gasteiger partial charge in [0.1, 0.15) is 12.0 Å². The zero-order valence-corrected chi connectivity index (χ0v) is 11.1. The summed E-state index contributed by atoms with van der Waals surface area (Å²) >= 11 is 5.78. The molecule has 1 aromatic rings. The average Bonchev–Trinajstić information content (AvgIpc) is 2.29. The Hall–Kier alpha value is -0.910. The first kappa shape index (κ1) is 16.1. The number of carbonyl (C=O) groups is 1. The van der Waals surface area contributed by atoms with Crippen molar-refractivity contribution in [2.45, 2.75) is 13.3 Å². The van der Waals surface area contributed by atoms with Gasteiger partial charge < -0.3 is 10.6 Å². The van der Waals surface area contributed by atoms with Gasteiger partial charge in [0.2, 0.25) is 0 Å². The zero-order chi connectivity index (χ0) is 11.8. The molecule has 96 valence electrons. The van der Waals surface area contributed by atoms with Crippen molar-refractivity contribution in [1.82, 2.24) is 20.6 Å². The molecule has 0 saturated carbocycles. The van der Waals surface area contributed by atoms with E-state index < -0.39 is 0 Å². The first-order valence-corrected chi connectivity index (χ1v) is 5.58. The number of nitrogens with zero attached hydrogens (tertiary/aromatic N) is 2. The fourth-order valence-electron chi connectivity index (χ4n) is 1.13. The summed E-state index contributed by atoms with van der Waals surface area (Å²) in [6.07, 6.45) is 3.78. The monoisotopic (exact) mass is 278 g/mol. The van der Waals surface area contributed by atoms with Crippen LogP contribution in [0.1, 0.15) is 23.8 Å². The van der Waals surface area contributed by atoms with E-state index in [0.717, 1.165) is 19.5 Å². The maximum atomic E-state index is 11.6. The Labute approximate surface area is 112 Å². The van der Waals surface area contributed by atoms with Crippen molar-refractivity contribution in [2.24, 2.45) is 0 Å². The number of hydrogen-bond acceptors (Lipinski definition) is 4. The van der Waals surface area contributed by atoms with Crippen LogP contribution in [0.4, 0.5) is 0 Å². The quantitative estimate of drug-likeness (QED) is 0.770. The minimum atomic E-state index is -0.273. The molecule has 0 bridgehead atoms. The van der Waals surface area contributed by atoms with Gasteiger partial charge in [-0.3, -0.25) is 4.79 Å². The molecule has 0 atom stereocenters. The van der Waals surface area contributed by atoms with Crippen LogP contribution in [0.25, 0.3) is 0 Å². The molecule has 1 heterocycles. The standard InChI is InChI=1S/C10H15ClN4O.ClH/c1-2-3-12-4-5-14-10(16)9-8(11)6-13-7-15-9;/h6-7,12H,2-5H2,1H3,(H,14,16);1H. The Bertz CT molecular complexity index is 349. The summed E-state index contributed by atoms with van der Waals surface area (Å²) in [6.45, 7) is 4.33. The number of nitrogens with one attached hydrogen (secondary N) is 2. The number of halogens is 2.